The maximum Gasteiger partial charge on any atom is 0.258 e. The summed E-state index contributed by atoms with van der Waals surface area (Å²) < 4.78 is 0. The zero-order valence-corrected chi connectivity index (χ0v) is 14.9. The van der Waals surface area contributed by atoms with Gasteiger partial charge in [-0.15, -0.1) is 0 Å². The molecule has 0 saturated carbocycles. The van der Waals surface area contributed by atoms with Gasteiger partial charge < -0.3 is 10.3 Å². The highest BCUT2D eigenvalue weighted by atomic mass is 16.1. The number of para-hydroxylation sites is 1. The Labute approximate surface area is 152 Å². The number of hydrogen-bond acceptors (Lipinski definition) is 3. The summed E-state index contributed by atoms with van der Waals surface area (Å²) in [4.78, 5) is 31.3. The minimum Gasteiger partial charge on any atom is -0.356 e. The first-order valence-corrected chi connectivity index (χ1v) is 8.93. The molecule has 1 atom stereocenters. The van der Waals surface area contributed by atoms with E-state index >= 15 is 0 Å². The summed E-state index contributed by atoms with van der Waals surface area (Å²) in [5.41, 5.74) is 1.77. The summed E-state index contributed by atoms with van der Waals surface area (Å²) >= 11 is 0. The van der Waals surface area contributed by atoms with Crippen molar-refractivity contribution in [1.82, 2.24) is 15.3 Å². The van der Waals surface area contributed by atoms with Gasteiger partial charge in [0.05, 0.1) is 10.9 Å². The molecule has 0 fully saturated rings. The number of hydrogen-bond donors (Lipinski definition) is 2. The number of fused-ring (bicyclic) bond motifs is 1. The van der Waals surface area contributed by atoms with Gasteiger partial charge >= 0.3 is 0 Å². The minimum atomic E-state index is -0.133. The van der Waals surface area contributed by atoms with E-state index in [1.807, 2.05) is 36.4 Å². The number of amides is 1. The lowest BCUT2D eigenvalue weighted by atomic mass is 10.0. The van der Waals surface area contributed by atoms with Crippen LogP contribution in [-0.2, 0) is 11.2 Å². The van der Waals surface area contributed by atoms with Gasteiger partial charge in [-0.2, -0.15) is 0 Å². The van der Waals surface area contributed by atoms with Gasteiger partial charge in [0, 0.05) is 19.4 Å². The number of carbonyl (C=O) groups excluding carboxylic acids is 1. The summed E-state index contributed by atoms with van der Waals surface area (Å²) in [5, 5.41) is 3.56. The molecule has 1 unspecified atom stereocenters. The number of aromatic amines is 1. The second-order valence-corrected chi connectivity index (χ2v) is 6.50. The minimum absolute atomic E-state index is 0.0240. The molecular weight excluding hydrogens is 326 g/mol. The second kappa shape index (κ2) is 8.43. The number of rotatable bonds is 7. The van der Waals surface area contributed by atoms with Gasteiger partial charge in [-0.25, -0.2) is 4.98 Å². The molecule has 0 aliphatic carbocycles. The van der Waals surface area contributed by atoms with Gasteiger partial charge in [0.2, 0.25) is 5.91 Å². The van der Waals surface area contributed by atoms with Crippen LogP contribution in [0.1, 0.15) is 37.1 Å². The largest absolute Gasteiger partial charge is 0.356 e. The Morgan fingerprint density at radius 2 is 1.85 bits per heavy atom. The number of H-pyrrole nitrogens is 1. The van der Waals surface area contributed by atoms with Crippen LogP contribution in [0.3, 0.4) is 0 Å². The van der Waals surface area contributed by atoms with Gasteiger partial charge in [-0.05, 0) is 30.0 Å². The van der Waals surface area contributed by atoms with Crippen LogP contribution in [0.2, 0.25) is 0 Å². The quantitative estimate of drug-likeness (QED) is 0.688. The van der Waals surface area contributed by atoms with Crippen molar-refractivity contribution in [3.8, 4) is 0 Å². The van der Waals surface area contributed by atoms with E-state index in [2.05, 4.69) is 34.3 Å². The molecule has 0 aliphatic rings. The summed E-state index contributed by atoms with van der Waals surface area (Å²) in [6.45, 7) is 2.72. The SMILES string of the molecule is CC(CNC(=O)CCCc1nc2ccccc2c(=O)[nH]1)c1ccccc1. The summed E-state index contributed by atoms with van der Waals surface area (Å²) in [7, 11) is 0. The van der Waals surface area contributed by atoms with E-state index in [1.165, 1.54) is 5.56 Å². The highest BCUT2D eigenvalue weighted by molar-refractivity contribution is 5.77. The smallest absolute Gasteiger partial charge is 0.258 e. The van der Waals surface area contributed by atoms with E-state index < -0.39 is 0 Å². The molecule has 5 heteroatoms. The third-order valence-electron chi connectivity index (χ3n) is 4.45. The Bertz CT molecular complexity index is 935. The molecule has 1 aromatic heterocycles. The lowest BCUT2D eigenvalue weighted by Crippen LogP contribution is -2.27. The molecule has 3 rings (SSSR count). The van der Waals surface area contributed by atoms with Crippen molar-refractivity contribution < 1.29 is 4.79 Å². The van der Waals surface area contributed by atoms with E-state index in [0.29, 0.717) is 42.5 Å². The van der Waals surface area contributed by atoms with E-state index in [-0.39, 0.29) is 17.4 Å². The first-order valence-electron chi connectivity index (χ1n) is 8.93. The number of nitrogens with one attached hydrogen (secondary N) is 2. The van der Waals surface area contributed by atoms with Gasteiger partial charge in [0.1, 0.15) is 5.82 Å². The van der Waals surface area contributed by atoms with Gasteiger partial charge in [0.25, 0.3) is 5.56 Å². The lowest BCUT2D eigenvalue weighted by Gasteiger charge is -2.13. The fourth-order valence-corrected chi connectivity index (χ4v) is 2.92. The van der Waals surface area contributed by atoms with Crippen molar-refractivity contribution in [2.75, 3.05) is 6.54 Å². The molecule has 2 N–H and O–H groups in total. The first-order chi connectivity index (χ1) is 12.6. The molecule has 1 heterocycles. The molecule has 0 saturated heterocycles. The van der Waals surface area contributed by atoms with Crippen LogP contribution in [0.4, 0.5) is 0 Å². The van der Waals surface area contributed by atoms with Crippen LogP contribution in [0.5, 0.6) is 0 Å². The van der Waals surface area contributed by atoms with Crippen molar-refractivity contribution >= 4 is 16.8 Å². The van der Waals surface area contributed by atoms with E-state index in [9.17, 15) is 9.59 Å². The third-order valence-corrected chi connectivity index (χ3v) is 4.45. The Balaban J connectivity index is 1.47. The van der Waals surface area contributed by atoms with E-state index in [4.69, 9.17) is 0 Å². The zero-order valence-electron chi connectivity index (χ0n) is 14.9. The monoisotopic (exact) mass is 349 g/mol. The molecule has 0 bridgehead atoms. The molecule has 5 nitrogen and oxygen atoms in total. The van der Waals surface area contributed by atoms with Gasteiger partial charge in [-0.3, -0.25) is 9.59 Å². The average molecular weight is 349 g/mol. The fourth-order valence-electron chi connectivity index (χ4n) is 2.92. The topological polar surface area (TPSA) is 74.8 Å². The Morgan fingerprint density at radius 1 is 1.12 bits per heavy atom. The number of nitrogens with zero attached hydrogens (tertiary/aromatic N) is 1. The molecule has 3 aromatic rings. The highest BCUT2D eigenvalue weighted by Crippen LogP contribution is 2.13. The number of aryl methyl sites for hydroxylation is 1. The molecule has 0 spiro atoms. The van der Waals surface area contributed by atoms with Crippen LogP contribution >= 0.6 is 0 Å². The molecule has 0 aliphatic heterocycles. The van der Waals surface area contributed by atoms with Crippen LogP contribution in [0.15, 0.2) is 59.4 Å². The molecule has 134 valence electrons. The Hall–Kier alpha value is -2.95. The van der Waals surface area contributed by atoms with Crippen molar-refractivity contribution in [2.45, 2.75) is 32.1 Å². The predicted molar refractivity (Wildman–Crippen MR) is 103 cm³/mol. The number of benzene rings is 2. The average Bonchev–Trinajstić information content (AvgIpc) is 2.67. The Kier molecular flexibility index (Phi) is 5.79. The third kappa shape index (κ3) is 4.57. The van der Waals surface area contributed by atoms with Crippen LogP contribution in [0, 0.1) is 0 Å². The fraction of sp³-hybridized carbons (Fsp3) is 0.286. The van der Waals surface area contributed by atoms with Gasteiger partial charge in [-0.1, -0.05) is 49.4 Å². The maximum absolute atomic E-state index is 12.0. The number of aromatic nitrogens is 2. The molecule has 26 heavy (non-hydrogen) atoms. The van der Waals surface area contributed by atoms with Crippen molar-refractivity contribution in [3.63, 3.8) is 0 Å². The van der Waals surface area contributed by atoms with E-state index in [1.54, 1.807) is 6.07 Å². The van der Waals surface area contributed by atoms with Crippen LogP contribution in [0.25, 0.3) is 10.9 Å². The molecule has 1 amide bonds. The normalized spacial score (nSPS) is 12.0. The highest BCUT2D eigenvalue weighted by Gasteiger charge is 2.08. The summed E-state index contributed by atoms with van der Waals surface area (Å²) in [6.07, 6.45) is 1.63. The van der Waals surface area contributed by atoms with E-state index in [0.717, 1.165) is 0 Å². The van der Waals surface area contributed by atoms with Crippen molar-refractivity contribution in [2.24, 2.45) is 0 Å². The van der Waals surface area contributed by atoms with Crippen molar-refractivity contribution in [1.29, 1.82) is 0 Å². The second-order valence-electron chi connectivity index (χ2n) is 6.50. The molecule has 2 aromatic carbocycles. The van der Waals surface area contributed by atoms with Crippen molar-refractivity contribution in [3.05, 3.63) is 76.3 Å². The van der Waals surface area contributed by atoms with Crippen LogP contribution in [-0.4, -0.2) is 22.4 Å². The predicted octanol–water partition coefficient (Wildman–Crippen LogP) is 3.17. The molecule has 0 radical (unpaired) electrons. The first kappa shape index (κ1) is 17.9. The summed E-state index contributed by atoms with van der Waals surface area (Å²) in [6, 6.07) is 17.4. The van der Waals surface area contributed by atoms with Gasteiger partial charge in [0.15, 0.2) is 0 Å². The maximum atomic E-state index is 12.0. The van der Waals surface area contributed by atoms with Crippen LogP contribution < -0.4 is 10.9 Å². The number of carbonyl (C=O) groups is 1. The zero-order chi connectivity index (χ0) is 18.4. The standard InChI is InChI=1S/C21H23N3O2/c1-15(16-8-3-2-4-9-16)14-22-20(25)13-7-12-19-23-18-11-6-5-10-17(18)21(26)24-19/h2-6,8-11,15H,7,12-14H2,1H3,(H,22,25)(H,23,24,26). The lowest BCUT2D eigenvalue weighted by molar-refractivity contribution is -0.121. The molecular formula is C21H23N3O2. The Morgan fingerprint density at radius 3 is 2.65 bits per heavy atom. The summed E-state index contributed by atoms with van der Waals surface area (Å²) in [5.74, 6) is 0.925.